The molecule has 1 aliphatic carbocycles. The molecule has 1 aliphatic heterocycles. The lowest BCUT2D eigenvalue weighted by atomic mass is 10.1. The zero-order valence-electron chi connectivity index (χ0n) is 27.5. The Morgan fingerprint density at radius 1 is 1.07 bits per heavy atom. The van der Waals surface area contributed by atoms with E-state index in [9.17, 15) is 27.6 Å². The second-order valence-electron chi connectivity index (χ2n) is 14.3. The van der Waals surface area contributed by atoms with Gasteiger partial charge in [0.2, 0.25) is 0 Å². The van der Waals surface area contributed by atoms with Gasteiger partial charge in [0.25, 0.3) is 15.6 Å². The normalized spacial score (nSPS) is 17.3. The highest BCUT2D eigenvalue weighted by Gasteiger charge is 2.54. The second-order valence-corrected chi connectivity index (χ2v) is 17.3. The maximum Gasteiger partial charge on any atom is 0.424 e. The number of hydrogen-bond acceptors (Lipinski definition) is 10. The number of carbonyl (C=O) groups excluding carboxylic acids is 2. The molecule has 2 fully saturated rings. The number of fused-ring (bicyclic) bond motifs is 1. The van der Waals surface area contributed by atoms with Crippen molar-refractivity contribution >= 4 is 43.8 Å². The van der Waals surface area contributed by atoms with Crippen molar-refractivity contribution in [3.05, 3.63) is 44.9 Å². The van der Waals surface area contributed by atoms with Gasteiger partial charge in [-0.15, -0.1) is 11.3 Å². The van der Waals surface area contributed by atoms with Crippen molar-refractivity contribution in [3.63, 3.8) is 0 Å². The van der Waals surface area contributed by atoms with Crippen LogP contribution >= 0.6 is 11.3 Å². The Bertz CT molecular complexity index is 1900. The first-order valence-corrected chi connectivity index (χ1v) is 17.5. The molecule has 1 saturated carbocycles. The molecular formula is C30H42N6O8S2. The Hall–Kier alpha value is -3.66. The number of aromatic nitrogens is 4. The molecule has 14 nitrogen and oxygen atoms in total. The second kappa shape index (κ2) is 11.5. The molecule has 0 N–H and O–H groups in total. The Morgan fingerprint density at radius 2 is 1.67 bits per heavy atom. The summed E-state index contributed by atoms with van der Waals surface area (Å²) >= 11 is 0.785. The van der Waals surface area contributed by atoms with E-state index in [2.05, 4.69) is 5.10 Å². The molecule has 0 aromatic carbocycles. The van der Waals surface area contributed by atoms with Gasteiger partial charge in [0.1, 0.15) is 20.2 Å². The van der Waals surface area contributed by atoms with Crippen molar-refractivity contribution in [2.45, 2.75) is 108 Å². The number of hydrogen-bond donors (Lipinski definition) is 0. The van der Waals surface area contributed by atoms with Gasteiger partial charge < -0.3 is 14.4 Å². The fourth-order valence-electron chi connectivity index (χ4n) is 5.48. The van der Waals surface area contributed by atoms with Gasteiger partial charge in [-0.1, -0.05) is 0 Å². The van der Waals surface area contributed by atoms with E-state index in [1.165, 1.54) is 10.6 Å². The molecule has 4 heterocycles. The van der Waals surface area contributed by atoms with Crippen LogP contribution in [0.5, 0.6) is 0 Å². The van der Waals surface area contributed by atoms with Gasteiger partial charge in [0, 0.05) is 37.9 Å². The number of thiophene rings is 1. The molecule has 0 spiro atoms. The highest BCUT2D eigenvalue weighted by atomic mass is 32.2. The number of ether oxygens (including phenoxy) is 2. The number of nitrogens with zero attached hydrogens (tertiary/aromatic N) is 6. The topological polar surface area (TPSA) is 155 Å². The lowest BCUT2D eigenvalue weighted by Crippen LogP contribution is -2.47. The summed E-state index contributed by atoms with van der Waals surface area (Å²) in [5.41, 5.74) is -3.20. The number of sulfonamides is 1. The smallest absolute Gasteiger partial charge is 0.424 e. The summed E-state index contributed by atoms with van der Waals surface area (Å²) in [5, 5.41) is 4.19. The summed E-state index contributed by atoms with van der Waals surface area (Å²) in [4.78, 5) is 55.8. The van der Waals surface area contributed by atoms with E-state index in [-0.39, 0.29) is 21.0 Å². The monoisotopic (exact) mass is 678 g/mol. The molecule has 5 rings (SSSR count). The molecule has 252 valence electrons. The number of likely N-dealkylation sites (tertiary alicyclic amines) is 1. The Morgan fingerprint density at radius 3 is 2.20 bits per heavy atom. The van der Waals surface area contributed by atoms with Gasteiger partial charge in [-0.3, -0.25) is 18.6 Å². The van der Waals surface area contributed by atoms with Gasteiger partial charge in [-0.25, -0.2) is 14.4 Å². The van der Waals surface area contributed by atoms with E-state index >= 15 is 0 Å². The largest absolute Gasteiger partial charge is 0.444 e. The number of carbonyl (C=O) groups is 2. The number of piperidine rings is 1. The van der Waals surface area contributed by atoms with Crippen LogP contribution in [0.25, 0.3) is 10.2 Å². The lowest BCUT2D eigenvalue weighted by molar-refractivity contribution is 0.0187. The average Bonchev–Trinajstić information content (AvgIpc) is 3.28. The molecule has 2 aliphatic rings. The maximum atomic E-state index is 14.2. The molecular weight excluding hydrogens is 636 g/mol. The molecule has 0 bridgehead atoms. The fraction of sp³-hybridized carbons (Fsp3) is 0.633. The minimum Gasteiger partial charge on any atom is -0.444 e. The number of rotatable bonds is 6. The molecule has 46 heavy (non-hydrogen) atoms. The molecule has 0 radical (unpaired) electrons. The van der Waals surface area contributed by atoms with Crippen LogP contribution in [0, 0.1) is 0 Å². The van der Waals surface area contributed by atoms with E-state index in [0.717, 1.165) is 20.2 Å². The average molecular weight is 679 g/mol. The molecule has 2 amide bonds. The van der Waals surface area contributed by atoms with Crippen LogP contribution in [-0.2, 0) is 33.1 Å². The summed E-state index contributed by atoms with van der Waals surface area (Å²) in [5.74, 6) is 0. The molecule has 0 unspecified atom stereocenters. The summed E-state index contributed by atoms with van der Waals surface area (Å²) in [6.07, 6.45) is 3.49. The van der Waals surface area contributed by atoms with E-state index in [1.807, 2.05) is 0 Å². The van der Waals surface area contributed by atoms with Gasteiger partial charge in [-0.05, 0) is 80.2 Å². The predicted octanol–water partition coefficient (Wildman–Crippen LogP) is 4.06. The Labute approximate surface area is 271 Å². The van der Waals surface area contributed by atoms with Crippen molar-refractivity contribution in [1.82, 2.24) is 28.1 Å². The first-order valence-electron chi connectivity index (χ1n) is 15.2. The van der Waals surface area contributed by atoms with Crippen LogP contribution in [0.2, 0.25) is 0 Å². The SMILES string of the molecule is Cn1cc(Cn2c(=O)c3cc(S(=O)(=O)N(C(=O)OC(C)(C)C)C4(C)CC4)sc3n(C3CCN(C(=O)OC(C)(C)C)CC3)c2=O)cn1. The zero-order valence-corrected chi connectivity index (χ0v) is 29.2. The summed E-state index contributed by atoms with van der Waals surface area (Å²) in [6, 6.07) is 0.818. The van der Waals surface area contributed by atoms with Gasteiger partial charge in [-0.2, -0.15) is 17.8 Å². The van der Waals surface area contributed by atoms with Crippen molar-refractivity contribution in [2.24, 2.45) is 7.05 Å². The third kappa shape index (κ3) is 6.73. The van der Waals surface area contributed by atoms with Crippen LogP contribution in [-0.4, -0.2) is 78.6 Å². The predicted molar refractivity (Wildman–Crippen MR) is 172 cm³/mol. The molecule has 3 aromatic rings. The first-order chi connectivity index (χ1) is 21.2. The van der Waals surface area contributed by atoms with E-state index < -0.39 is 56.2 Å². The minimum absolute atomic E-state index is 0.0479. The van der Waals surface area contributed by atoms with Gasteiger partial charge in [0.15, 0.2) is 0 Å². The summed E-state index contributed by atoms with van der Waals surface area (Å²) in [6.45, 7) is 12.5. The molecule has 1 saturated heterocycles. The van der Waals surface area contributed by atoms with E-state index in [4.69, 9.17) is 9.47 Å². The Kier molecular flexibility index (Phi) is 8.46. The number of amides is 2. The standard InChI is InChI=1S/C30H42N6O8S2/c1-28(2,3)43-26(39)33-13-9-20(10-14-33)35-24-21(23(37)34(25(35)38)18-19-16-31-32(8)17-19)15-22(45-24)46(41,42)36(30(7)11-12-30)27(40)44-29(4,5)6/h15-17,20H,9-14,18H2,1-8H3. The van der Waals surface area contributed by atoms with Crippen LogP contribution in [0.1, 0.15) is 85.8 Å². The highest BCUT2D eigenvalue weighted by Crippen LogP contribution is 2.46. The van der Waals surface area contributed by atoms with Gasteiger partial charge >= 0.3 is 17.9 Å². The van der Waals surface area contributed by atoms with Crippen LogP contribution in [0.4, 0.5) is 9.59 Å². The minimum atomic E-state index is -4.48. The van der Waals surface area contributed by atoms with Crippen molar-refractivity contribution in [3.8, 4) is 0 Å². The van der Waals surface area contributed by atoms with Crippen LogP contribution < -0.4 is 11.2 Å². The fourth-order valence-corrected chi connectivity index (χ4v) is 8.76. The van der Waals surface area contributed by atoms with Crippen molar-refractivity contribution in [2.75, 3.05) is 13.1 Å². The summed E-state index contributed by atoms with van der Waals surface area (Å²) in [7, 11) is -2.76. The van der Waals surface area contributed by atoms with Crippen molar-refractivity contribution in [1.29, 1.82) is 0 Å². The third-order valence-electron chi connectivity index (χ3n) is 7.92. The van der Waals surface area contributed by atoms with E-state index in [0.29, 0.717) is 44.3 Å². The van der Waals surface area contributed by atoms with E-state index in [1.54, 1.807) is 77.5 Å². The van der Waals surface area contributed by atoms with Crippen LogP contribution in [0.15, 0.2) is 32.3 Å². The highest BCUT2D eigenvalue weighted by molar-refractivity contribution is 7.92. The molecule has 16 heteroatoms. The van der Waals surface area contributed by atoms with Crippen LogP contribution in [0.3, 0.4) is 0 Å². The molecule has 3 aromatic heterocycles. The lowest BCUT2D eigenvalue weighted by Gasteiger charge is -2.34. The van der Waals surface area contributed by atoms with Gasteiger partial charge in [0.05, 0.1) is 23.7 Å². The quantitative estimate of drug-likeness (QED) is 0.375. The van der Waals surface area contributed by atoms with Crippen molar-refractivity contribution < 1.29 is 27.5 Å². The first kappa shape index (κ1) is 33.7. The summed E-state index contributed by atoms with van der Waals surface area (Å²) < 4.78 is 44.0. The number of aryl methyl sites for hydroxylation is 1. The molecule has 0 atom stereocenters. The zero-order chi connectivity index (χ0) is 34.0. The Balaban J connectivity index is 1.60. The third-order valence-corrected chi connectivity index (χ3v) is 11.4. The maximum absolute atomic E-state index is 14.2.